The second kappa shape index (κ2) is 8.67. The first-order chi connectivity index (χ1) is 17.5. The Hall–Kier alpha value is -4.30. The zero-order chi connectivity index (χ0) is 26.5. The van der Waals surface area contributed by atoms with Crippen LogP contribution in [0.5, 0.6) is 0 Å². The highest BCUT2D eigenvalue weighted by Crippen LogP contribution is 2.32. The summed E-state index contributed by atoms with van der Waals surface area (Å²) in [5.41, 5.74) is 3.34. The van der Waals surface area contributed by atoms with Crippen LogP contribution in [0.3, 0.4) is 0 Å². The molecule has 1 aromatic carbocycles. The van der Waals surface area contributed by atoms with Crippen LogP contribution in [0.25, 0.3) is 21.9 Å². The van der Waals surface area contributed by atoms with E-state index < -0.39 is 35.4 Å². The number of alkyl halides is 3. The number of hydrogen-bond donors (Lipinski definition) is 3. The molecule has 4 N–H and O–H groups in total. The summed E-state index contributed by atoms with van der Waals surface area (Å²) in [6.07, 6.45) is -5.57. The van der Waals surface area contributed by atoms with E-state index in [9.17, 15) is 27.9 Å². The van der Waals surface area contributed by atoms with Crippen LogP contribution in [0.1, 0.15) is 12.6 Å². The number of anilines is 3. The number of amides is 2. The van der Waals surface area contributed by atoms with Gasteiger partial charge in [0.1, 0.15) is 11.5 Å². The van der Waals surface area contributed by atoms with Crippen molar-refractivity contribution in [2.45, 2.75) is 24.8 Å². The highest BCUT2D eigenvalue weighted by atomic mass is 19.4. The van der Waals surface area contributed by atoms with E-state index in [1.165, 1.54) is 36.1 Å². The lowest BCUT2D eigenvalue weighted by molar-refractivity contribution is -0.170. The minimum Gasteiger partial charge on any atom is -0.380 e. The Balaban J connectivity index is 1.37. The number of nitrogen functional groups attached to an aromatic ring is 1. The lowest BCUT2D eigenvalue weighted by atomic mass is 9.94. The molecule has 3 aromatic heterocycles. The van der Waals surface area contributed by atoms with Crippen molar-refractivity contribution in [3.8, 4) is 0 Å². The van der Waals surface area contributed by atoms with Crippen molar-refractivity contribution in [2.75, 3.05) is 29.1 Å². The number of halogens is 3. The summed E-state index contributed by atoms with van der Waals surface area (Å²) in [5.74, 6) is -1.39. The number of carbonyl (C=O) groups excluding carboxylic acids is 2. The van der Waals surface area contributed by atoms with Gasteiger partial charge in [0.05, 0.1) is 30.3 Å². The second-order valence-corrected chi connectivity index (χ2v) is 8.51. The molecule has 1 unspecified atom stereocenters. The Morgan fingerprint density at radius 1 is 1.27 bits per heavy atom. The maximum Gasteiger partial charge on any atom is 0.433 e. The summed E-state index contributed by atoms with van der Waals surface area (Å²) < 4.78 is 49.5. The van der Waals surface area contributed by atoms with Crippen molar-refractivity contribution < 1.29 is 37.1 Å². The summed E-state index contributed by atoms with van der Waals surface area (Å²) in [7, 11) is 0. The van der Waals surface area contributed by atoms with Crippen molar-refractivity contribution in [1.82, 2.24) is 15.1 Å². The van der Waals surface area contributed by atoms with Crippen molar-refractivity contribution in [1.29, 1.82) is 0 Å². The van der Waals surface area contributed by atoms with Crippen LogP contribution in [-0.4, -0.2) is 56.9 Å². The second-order valence-electron chi connectivity index (χ2n) is 8.51. The number of nitrogens with zero attached hydrogens (tertiary/aromatic N) is 4. The summed E-state index contributed by atoms with van der Waals surface area (Å²) in [4.78, 5) is 35.0. The summed E-state index contributed by atoms with van der Waals surface area (Å²) in [6, 6.07) is 8.17. The molecule has 1 aliphatic rings. The molecule has 0 radical (unpaired) electrons. The molecule has 0 spiro atoms. The maximum atomic E-state index is 13.4. The summed E-state index contributed by atoms with van der Waals surface area (Å²) in [6.45, 7) is 1.27. The fourth-order valence-electron chi connectivity index (χ4n) is 4.01. The number of benzene rings is 1. The number of fused-ring (bicyclic) bond motifs is 2. The number of ether oxygens (including phenoxy) is 1. The first-order valence-corrected chi connectivity index (χ1v) is 10.9. The van der Waals surface area contributed by atoms with Crippen molar-refractivity contribution in [3.05, 3.63) is 48.3 Å². The van der Waals surface area contributed by atoms with Crippen LogP contribution in [0.4, 0.5) is 30.5 Å². The van der Waals surface area contributed by atoms with E-state index in [0.29, 0.717) is 11.0 Å². The number of pyridine rings is 2. The number of morpholine rings is 1. The molecule has 5 rings (SSSR count). The molecule has 1 fully saturated rings. The van der Waals surface area contributed by atoms with Crippen LogP contribution in [0, 0.1) is 0 Å². The average molecular weight is 516 g/mol. The first kappa shape index (κ1) is 24.4. The van der Waals surface area contributed by atoms with Gasteiger partial charge in [-0.05, 0) is 37.3 Å². The molecule has 2 atom stereocenters. The molecule has 1 saturated heterocycles. The fourth-order valence-corrected chi connectivity index (χ4v) is 4.01. The highest BCUT2D eigenvalue weighted by Gasteiger charge is 2.50. The molecule has 2 amide bonds. The molecule has 14 heteroatoms. The van der Waals surface area contributed by atoms with Gasteiger partial charge in [-0.15, -0.1) is 0 Å². The lowest BCUT2D eigenvalue weighted by Gasteiger charge is -2.40. The number of aliphatic hydroxyl groups excluding tert-OH is 1. The van der Waals surface area contributed by atoms with Crippen LogP contribution in [-0.2, 0) is 20.5 Å². The third-order valence-electron chi connectivity index (χ3n) is 6.05. The number of nitrogens with one attached hydrogen (secondary N) is 1. The number of rotatable bonds is 4. The average Bonchev–Trinajstić information content (AvgIpc) is 3.23. The molecule has 1 aliphatic heterocycles. The lowest BCUT2D eigenvalue weighted by Crippen LogP contribution is -2.63. The van der Waals surface area contributed by atoms with E-state index in [4.69, 9.17) is 15.0 Å². The Morgan fingerprint density at radius 3 is 2.81 bits per heavy atom. The van der Waals surface area contributed by atoms with Gasteiger partial charge in [0.25, 0.3) is 11.8 Å². The molecule has 11 nitrogen and oxygen atoms in total. The van der Waals surface area contributed by atoms with Crippen molar-refractivity contribution in [3.63, 3.8) is 0 Å². The Labute approximate surface area is 206 Å². The molecular weight excluding hydrogens is 497 g/mol. The number of hydrogen-bond acceptors (Lipinski definition) is 9. The SMILES string of the molecule is C[C@]1(C(O)C(=O)Nc2ccc3c(N)noc3c2)OCCN(c2ccc3cc(C(F)(F)F)ncc3n2)C1=O. The Kier molecular flexibility index (Phi) is 5.72. The molecule has 4 aromatic rings. The molecular formula is C23H19F3N6O5. The molecule has 37 heavy (non-hydrogen) atoms. The van der Waals surface area contributed by atoms with Crippen molar-refractivity contribution >= 4 is 51.0 Å². The fraction of sp³-hybridized carbons (Fsp3) is 0.261. The third kappa shape index (κ3) is 4.29. The van der Waals surface area contributed by atoms with Crippen LogP contribution >= 0.6 is 0 Å². The van der Waals surface area contributed by atoms with E-state index in [0.717, 1.165) is 12.3 Å². The van der Waals surface area contributed by atoms with Crippen LogP contribution < -0.4 is 16.0 Å². The van der Waals surface area contributed by atoms with Gasteiger partial charge in [0.2, 0.25) is 0 Å². The number of carbonyl (C=O) groups is 2. The minimum atomic E-state index is -4.61. The zero-order valence-electron chi connectivity index (χ0n) is 19.1. The van der Waals surface area contributed by atoms with Gasteiger partial charge in [0, 0.05) is 17.1 Å². The van der Waals surface area contributed by atoms with Crippen LogP contribution in [0.2, 0.25) is 0 Å². The van der Waals surface area contributed by atoms with E-state index in [2.05, 4.69) is 20.4 Å². The van der Waals surface area contributed by atoms with Gasteiger partial charge in [-0.25, -0.2) is 9.97 Å². The topological polar surface area (TPSA) is 157 Å². The van der Waals surface area contributed by atoms with E-state index >= 15 is 0 Å². The Morgan fingerprint density at radius 2 is 2.05 bits per heavy atom. The summed E-state index contributed by atoms with van der Waals surface area (Å²) in [5, 5.41) is 17.7. The predicted molar refractivity (Wildman–Crippen MR) is 124 cm³/mol. The van der Waals surface area contributed by atoms with Crippen molar-refractivity contribution in [2.24, 2.45) is 0 Å². The Bertz CT molecular complexity index is 1540. The smallest absolute Gasteiger partial charge is 0.380 e. The molecule has 4 heterocycles. The van der Waals surface area contributed by atoms with Gasteiger partial charge in [-0.1, -0.05) is 5.16 Å². The van der Waals surface area contributed by atoms with E-state index in [1.54, 1.807) is 6.07 Å². The zero-order valence-corrected chi connectivity index (χ0v) is 19.1. The van der Waals surface area contributed by atoms with E-state index in [-0.39, 0.29) is 41.4 Å². The summed E-state index contributed by atoms with van der Waals surface area (Å²) >= 11 is 0. The number of aromatic nitrogens is 3. The van der Waals surface area contributed by atoms with Gasteiger partial charge >= 0.3 is 6.18 Å². The minimum absolute atomic E-state index is 0.0406. The molecule has 192 valence electrons. The van der Waals surface area contributed by atoms with Gasteiger partial charge < -0.3 is 25.4 Å². The maximum absolute atomic E-state index is 13.4. The van der Waals surface area contributed by atoms with Crippen LogP contribution in [0.15, 0.2) is 47.1 Å². The quantitative estimate of drug-likeness (QED) is 0.371. The highest BCUT2D eigenvalue weighted by molar-refractivity contribution is 6.06. The molecule has 0 bridgehead atoms. The standard InChI is InChI=1S/C23H19F3N6O5/c1-22(18(33)20(34)29-12-3-4-13-15(9-12)37-31-19(13)27)21(35)32(6-7-36-22)17-5-2-11-8-16(23(24,25)26)28-10-14(11)30-17/h2-5,8-10,18,33H,6-7H2,1H3,(H2,27,31)(H,29,34)/t18?,22-/m1/s1. The molecule has 0 aliphatic carbocycles. The first-order valence-electron chi connectivity index (χ1n) is 10.9. The van der Waals surface area contributed by atoms with Gasteiger partial charge in [-0.2, -0.15) is 13.2 Å². The number of nitrogens with two attached hydrogens (primary N) is 1. The number of aliphatic hydroxyl groups is 1. The third-order valence-corrected chi connectivity index (χ3v) is 6.05. The normalized spacial score (nSPS) is 19.4. The molecule has 0 saturated carbocycles. The predicted octanol–water partition coefficient (Wildman–Crippen LogP) is 2.49. The van der Waals surface area contributed by atoms with Gasteiger partial charge in [0.15, 0.2) is 23.1 Å². The van der Waals surface area contributed by atoms with Gasteiger partial charge in [-0.3, -0.25) is 14.5 Å². The largest absolute Gasteiger partial charge is 0.433 e. The van der Waals surface area contributed by atoms with E-state index in [1.807, 2.05) is 0 Å². The monoisotopic (exact) mass is 516 g/mol.